The Morgan fingerprint density at radius 2 is 1.50 bits per heavy atom. The Hall–Kier alpha value is -1.02. The van der Waals surface area contributed by atoms with Crippen molar-refractivity contribution in [2.45, 2.75) is 40.0 Å². The van der Waals surface area contributed by atoms with Crippen molar-refractivity contribution in [1.29, 1.82) is 0 Å². The van der Waals surface area contributed by atoms with Gasteiger partial charge in [-0.2, -0.15) is 0 Å². The van der Waals surface area contributed by atoms with E-state index in [1.54, 1.807) is 0 Å². The monoisotopic (exact) mass is 249 g/mol. The Labute approximate surface area is 112 Å². The van der Waals surface area contributed by atoms with Crippen LogP contribution in [0.15, 0.2) is 24.3 Å². The molecule has 1 N–H and O–H groups in total. The van der Waals surface area contributed by atoms with Crippen molar-refractivity contribution in [2.75, 3.05) is 25.1 Å². The summed E-state index contributed by atoms with van der Waals surface area (Å²) in [4.78, 5) is 2.20. The summed E-state index contributed by atoms with van der Waals surface area (Å²) < 4.78 is 0. The fourth-order valence-electron chi connectivity index (χ4n) is 2.00. The zero-order valence-electron chi connectivity index (χ0n) is 12.6. The smallest absolute Gasteiger partial charge is 0.0499 e. The molecule has 0 amide bonds. The molecule has 0 aliphatic rings. The van der Waals surface area contributed by atoms with E-state index >= 15 is 0 Å². The molecule has 0 bridgehead atoms. The number of hydrogen-bond donors (Lipinski definition) is 1. The lowest BCUT2D eigenvalue weighted by molar-refractivity contribution is 0.165. The molecular weight excluding hydrogens is 222 g/mol. The molecule has 0 saturated carbocycles. The van der Waals surface area contributed by atoms with Gasteiger partial charge in [0.05, 0.1) is 0 Å². The Bertz CT molecular complexity index is 373. The first kappa shape index (κ1) is 15.0. The summed E-state index contributed by atoms with van der Waals surface area (Å²) in [6.45, 7) is 11.9. The summed E-state index contributed by atoms with van der Waals surface area (Å²) in [5, 5.41) is 9.31. The molecule has 1 aromatic carbocycles. The number of aliphatic hydroxyl groups excluding tert-OH is 1. The minimum Gasteiger partial charge on any atom is -0.396 e. The molecule has 0 aromatic heterocycles. The molecule has 18 heavy (non-hydrogen) atoms. The molecule has 2 nitrogen and oxygen atoms in total. The fraction of sp³-hybridized carbons (Fsp3) is 0.625. The molecule has 1 aromatic rings. The molecule has 0 unspecified atom stereocenters. The van der Waals surface area contributed by atoms with Gasteiger partial charge in [0.25, 0.3) is 0 Å². The van der Waals surface area contributed by atoms with E-state index in [9.17, 15) is 5.11 Å². The average Bonchev–Trinajstić information content (AvgIpc) is 2.27. The first-order chi connectivity index (χ1) is 8.15. The van der Waals surface area contributed by atoms with Gasteiger partial charge >= 0.3 is 0 Å². The second-order valence-electron chi connectivity index (χ2n) is 6.98. The highest BCUT2D eigenvalue weighted by Gasteiger charge is 2.19. The Morgan fingerprint density at radius 3 is 1.89 bits per heavy atom. The molecule has 2 heteroatoms. The van der Waals surface area contributed by atoms with E-state index in [2.05, 4.69) is 70.8 Å². The third kappa shape index (κ3) is 4.02. The third-order valence-electron chi connectivity index (χ3n) is 3.27. The molecule has 0 radical (unpaired) electrons. The maximum Gasteiger partial charge on any atom is 0.0499 e. The second-order valence-corrected chi connectivity index (χ2v) is 6.98. The van der Waals surface area contributed by atoms with Crippen LogP contribution in [0.5, 0.6) is 0 Å². The first-order valence-electron chi connectivity index (χ1n) is 6.58. The highest BCUT2D eigenvalue weighted by Crippen LogP contribution is 2.26. The fourth-order valence-corrected chi connectivity index (χ4v) is 2.00. The number of benzene rings is 1. The van der Waals surface area contributed by atoms with Crippen molar-refractivity contribution in [3.63, 3.8) is 0 Å². The Morgan fingerprint density at radius 1 is 1.00 bits per heavy atom. The topological polar surface area (TPSA) is 23.5 Å². The second kappa shape index (κ2) is 5.31. The summed E-state index contributed by atoms with van der Waals surface area (Å²) >= 11 is 0. The van der Waals surface area contributed by atoms with Crippen molar-refractivity contribution in [3.05, 3.63) is 29.8 Å². The molecule has 0 saturated heterocycles. The van der Waals surface area contributed by atoms with Crippen molar-refractivity contribution in [1.82, 2.24) is 0 Å². The number of rotatable bonds is 4. The molecule has 0 heterocycles. The van der Waals surface area contributed by atoms with Crippen molar-refractivity contribution < 1.29 is 5.11 Å². The van der Waals surface area contributed by atoms with E-state index in [0.29, 0.717) is 0 Å². The minimum absolute atomic E-state index is 0.0720. The predicted octanol–water partition coefficient (Wildman–Crippen LogP) is 3.44. The quantitative estimate of drug-likeness (QED) is 0.883. The zero-order chi connectivity index (χ0) is 14.0. The van der Waals surface area contributed by atoms with Crippen molar-refractivity contribution in [3.8, 4) is 0 Å². The van der Waals surface area contributed by atoms with E-state index in [1.807, 2.05) is 0 Å². The molecular formula is C16H27NO. The van der Waals surface area contributed by atoms with Crippen LogP contribution in [-0.2, 0) is 5.41 Å². The van der Waals surface area contributed by atoms with Crippen LogP contribution in [0, 0.1) is 5.41 Å². The normalized spacial score (nSPS) is 12.6. The van der Waals surface area contributed by atoms with Gasteiger partial charge in [-0.15, -0.1) is 0 Å². The van der Waals surface area contributed by atoms with Crippen LogP contribution < -0.4 is 4.90 Å². The maximum atomic E-state index is 9.31. The van der Waals surface area contributed by atoms with Gasteiger partial charge in [0, 0.05) is 31.3 Å². The van der Waals surface area contributed by atoms with Crippen molar-refractivity contribution in [2.24, 2.45) is 5.41 Å². The number of nitrogens with zero attached hydrogens (tertiary/aromatic N) is 1. The van der Waals surface area contributed by atoms with Crippen LogP contribution in [-0.4, -0.2) is 25.3 Å². The molecule has 0 atom stereocenters. The summed E-state index contributed by atoms with van der Waals surface area (Å²) in [7, 11) is 2.07. The third-order valence-corrected chi connectivity index (χ3v) is 3.27. The van der Waals surface area contributed by atoms with Gasteiger partial charge in [0.1, 0.15) is 0 Å². The summed E-state index contributed by atoms with van der Waals surface area (Å²) in [6, 6.07) is 8.71. The van der Waals surface area contributed by atoms with Gasteiger partial charge in [-0.3, -0.25) is 0 Å². The number of aliphatic hydroxyl groups is 1. The van der Waals surface area contributed by atoms with Crippen LogP contribution in [0.25, 0.3) is 0 Å². The zero-order valence-corrected chi connectivity index (χ0v) is 12.6. The standard InChI is InChI=1S/C16H27NO/c1-15(2,3)13-7-9-14(10-8-13)17(6)11-16(4,5)12-18/h7-10,18H,11-12H2,1-6H3. The molecule has 0 aliphatic heterocycles. The van der Waals surface area contributed by atoms with Crippen LogP contribution in [0.2, 0.25) is 0 Å². The average molecular weight is 249 g/mol. The minimum atomic E-state index is -0.0720. The SMILES string of the molecule is CN(CC(C)(C)CO)c1ccc(C(C)(C)C)cc1. The van der Waals surface area contributed by atoms with E-state index in [4.69, 9.17) is 0 Å². The highest BCUT2D eigenvalue weighted by molar-refractivity contribution is 5.48. The van der Waals surface area contributed by atoms with E-state index in [-0.39, 0.29) is 17.4 Å². The van der Waals surface area contributed by atoms with Crippen LogP contribution >= 0.6 is 0 Å². The van der Waals surface area contributed by atoms with E-state index < -0.39 is 0 Å². The van der Waals surface area contributed by atoms with Gasteiger partial charge in [0.15, 0.2) is 0 Å². The van der Waals surface area contributed by atoms with Gasteiger partial charge in [-0.05, 0) is 23.1 Å². The van der Waals surface area contributed by atoms with Gasteiger partial charge < -0.3 is 10.0 Å². The summed E-state index contributed by atoms with van der Waals surface area (Å²) in [5.74, 6) is 0. The molecule has 1 rings (SSSR count). The van der Waals surface area contributed by atoms with Crippen molar-refractivity contribution >= 4 is 5.69 Å². The largest absolute Gasteiger partial charge is 0.396 e. The molecule has 0 fully saturated rings. The van der Waals surface area contributed by atoms with Crippen LogP contribution in [0.3, 0.4) is 0 Å². The lowest BCUT2D eigenvalue weighted by atomic mass is 9.87. The number of hydrogen-bond acceptors (Lipinski definition) is 2. The Kier molecular flexibility index (Phi) is 4.44. The van der Waals surface area contributed by atoms with Gasteiger partial charge in [0.2, 0.25) is 0 Å². The predicted molar refractivity (Wildman–Crippen MR) is 79.3 cm³/mol. The highest BCUT2D eigenvalue weighted by atomic mass is 16.3. The van der Waals surface area contributed by atoms with E-state index in [0.717, 1.165) is 6.54 Å². The number of anilines is 1. The first-order valence-corrected chi connectivity index (χ1v) is 6.58. The van der Waals surface area contributed by atoms with E-state index in [1.165, 1.54) is 11.3 Å². The molecule has 0 aliphatic carbocycles. The molecule has 0 spiro atoms. The van der Waals surface area contributed by atoms with Crippen LogP contribution in [0.1, 0.15) is 40.2 Å². The summed E-state index contributed by atoms with van der Waals surface area (Å²) in [6.07, 6.45) is 0. The Balaban J connectivity index is 2.80. The summed E-state index contributed by atoms with van der Waals surface area (Å²) in [5.41, 5.74) is 2.67. The molecule has 102 valence electrons. The lowest BCUT2D eigenvalue weighted by Gasteiger charge is -2.30. The van der Waals surface area contributed by atoms with Crippen LogP contribution in [0.4, 0.5) is 5.69 Å². The van der Waals surface area contributed by atoms with Gasteiger partial charge in [-0.1, -0.05) is 46.8 Å². The lowest BCUT2D eigenvalue weighted by Crippen LogP contribution is -2.33. The maximum absolute atomic E-state index is 9.31. The van der Waals surface area contributed by atoms with Gasteiger partial charge in [-0.25, -0.2) is 0 Å².